The molecule has 0 saturated heterocycles. The van der Waals surface area contributed by atoms with Gasteiger partial charge >= 0.3 is 5.97 Å². The first-order valence-electron chi connectivity index (χ1n) is 15.3. The fourth-order valence-corrected chi connectivity index (χ4v) is 5.68. The van der Waals surface area contributed by atoms with Gasteiger partial charge in [0.25, 0.3) is 0 Å². The Bertz CT molecular complexity index is 1990. The smallest absolute Gasteiger partial charge is 0.336 e. The van der Waals surface area contributed by atoms with Crippen LogP contribution in [0.2, 0.25) is 0 Å². The maximum Gasteiger partial charge on any atom is 0.336 e. The fourth-order valence-electron chi connectivity index (χ4n) is 5.68. The van der Waals surface area contributed by atoms with E-state index in [-0.39, 0.29) is 5.56 Å². The molecule has 0 fully saturated rings. The number of carboxylic acids is 1. The van der Waals surface area contributed by atoms with E-state index in [1.807, 2.05) is 104 Å². The van der Waals surface area contributed by atoms with Crippen LogP contribution in [0.5, 0.6) is 0 Å². The van der Waals surface area contributed by atoms with Crippen molar-refractivity contribution in [1.82, 2.24) is 14.9 Å². The van der Waals surface area contributed by atoms with Crippen molar-refractivity contribution in [2.75, 3.05) is 44.4 Å². The third-order valence-corrected chi connectivity index (χ3v) is 8.05. The highest BCUT2D eigenvalue weighted by Gasteiger charge is 2.22. The summed E-state index contributed by atoms with van der Waals surface area (Å²) >= 11 is 0. The summed E-state index contributed by atoms with van der Waals surface area (Å²) in [6.45, 7) is 2.88. The van der Waals surface area contributed by atoms with Crippen molar-refractivity contribution < 1.29 is 14.3 Å². The molecular weight excluding hydrogens is 576 g/mol. The molecule has 9 heteroatoms. The minimum Gasteiger partial charge on any atom is -0.478 e. The summed E-state index contributed by atoms with van der Waals surface area (Å²) in [6, 6.07) is 29.0. The van der Waals surface area contributed by atoms with Crippen molar-refractivity contribution in [3.63, 3.8) is 0 Å². The molecule has 1 aliphatic heterocycles. The van der Waals surface area contributed by atoms with E-state index >= 15 is 0 Å². The Morgan fingerprint density at radius 3 is 2.35 bits per heavy atom. The number of fused-ring (bicyclic) bond motifs is 2. The van der Waals surface area contributed by atoms with E-state index < -0.39 is 5.97 Å². The zero-order valence-corrected chi connectivity index (χ0v) is 25.9. The number of hydrogen-bond acceptors (Lipinski definition) is 8. The third-order valence-electron chi connectivity index (χ3n) is 8.05. The second-order valence-corrected chi connectivity index (χ2v) is 11.0. The summed E-state index contributed by atoms with van der Waals surface area (Å²) in [5.74, 6) is -0.365. The van der Waals surface area contributed by atoms with Gasteiger partial charge in [-0.25, -0.2) is 4.79 Å². The first-order chi connectivity index (χ1) is 22.5. The van der Waals surface area contributed by atoms with E-state index in [9.17, 15) is 9.90 Å². The first kappa shape index (κ1) is 30.5. The molecule has 2 aromatic heterocycles. The van der Waals surface area contributed by atoms with Gasteiger partial charge in [0.2, 0.25) is 0 Å². The molecule has 4 aromatic rings. The lowest BCUT2D eigenvalue weighted by atomic mass is 9.90. The summed E-state index contributed by atoms with van der Waals surface area (Å²) in [6.07, 6.45) is 4.45. The summed E-state index contributed by atoms with van der Waals surface area (Å²) in [5, 5.41) is 18.6. The van der Waals surface area contributed by atoms with Crippen LogP contribution in [0.1, 0.15) is 21.7 Å². The summed E-state index contributed by atoms with van der Waals surface area (Å²) < 4.78 is 6.31. The predicted octanol–water partition coefficient (Wildman–Crippen LogP) is 6.42. The highest BCUT2D eigenvalue weighted by atomic mass is 16.4. The number of benzene rings is 3. The van der Waals surface area contributed by atoms with E-state index in [0.717, 1.165) is 64.1 Å². The van der Waals surface area contributed by atoms with Gasteiger partial charge in [-0.1, -0.05) is 18.2 Å². The lowest BCUT2D eigenvalue weighted by Gasteiger charge is -2.22. The van der Waals surface area contributed by atoms with Crippen molar-refractivity contribution in [3.05, 3.63) is 126 Å². The molecule has 1 aliphatic carbocycles. The van der Waals surface area contributed by atoms with Gasteiger partial charge in [-0.05, 0) is 66.2 Å². The van der Waals surface area contributed by atoms with Gasteiger partial charge in [0.05, 0.1) is 16.6 Å². The first-order valence-corrected chi connectivity index (χ1v) is 15.3. The van der Waals surface area contributed by atoms with Gasteiger partial charge in [-0.3, -0.25) is 19.9 Å². The lowest BCUT2D eigenvalue weighted by molar-refractivity contribution is 0.0697. The van der Waals surface area contributed by atoms with Crippen LogP contribution in [0.15, 0.2) is 113 Å². The molecular formula is C37H36N6O3. The number of carboxylic acid groups (broad SMARTS) is 1. The Kier molecular flexibility index (Phi) is 9.31. The topological polar surface area (TPSA) is 116 Å². The van der Waals surface area contributed by atoms with Gasteiger partial charge in [0, 0.05) is 105 Å². The number of carbonyl (C=O) groups is 1. The Morgan fingerprint density at radius 1 is 0.870 bits per heavy atom. The van der Waals surface area contributed by atoms with Crippen molar-refractivity contribution in [2.45, 2.75) is 13.0 Å². The van der Waals surface area contributed by atoms with E-state index in [0.29, 0.717) is 30.0 Å². The number of anilines is 2. The van der Waals surface area contributed by atoms with Crippen molar-refractivity contribution in [1.29, 1.82) is 0 Å². The minimum absolute atomic E-state index is 0.209. The van der Waals surface area contributed by atoms with Crippen LogP contribution in [-0.4, -0.2) is 59.7 Å². The Labute approximate surface area is 267 Å². The van der Waals surface area contributed by atoms with E-state index in [4.69, 9.17) is 4.42 Å². The average molecular weight is 613 g/mol. The highest BCUT2D eigenvalue weighted by Crippen LogP contribution is 2.42. The zero-order valence-electron chi connectivity index (χ0n) is 25.9. The molecule has 2 aromatic carbocycles. The molecule has 0 radical (unpaired) electrons. The Morgan fingerprint density at radius 2 is 1.63 bits per heavy atom. The van der Waals surface area contributed by atoms with Crippen LogP contribution >= 0.6 is 0 Å². The van der Waals surface area contributed by atoms with Crippen LogP contribution in [-0.2, 0) is 13.0 Å². The van der Waals surface area contributed by atoms with Gasteiger partial charge in [0.1, 0.15) is 11.3 Å². The zero-order chi connectivity index (χ0) is 31.9. The lowest BCUT2D eigenvalue weighted by Crippen LogP contribution is -2.31. The van der Waals surface area contributed by atoms with Gasteiger partial charge in [0.15, 0.2) is 0 Å². The monoisotopic (exact) mass is 612 g/mol. The number of aromatic nitrogens is 2. The normalized spacial score (nSPS) is 11.8. The second-order valence-electron chi connectivity index (χ2n) is 11.0. The molecule has 9 nitrogen and oxygen atoms in total. The maximum atomic E-state index is 12.7. The fraction of sp³-hybridized carbons (Fsp3) is 0.189. The highest BCUT2D eigenvalue weighted by molar-refractivity contribution is 6.08. The largest absolute Gasteiger partial charge is 0.478 e. The van der Waals surface area contributed by atoms with E-state index in [2.05, 4.69) is 30.5 Å². The molecule has 3 N–H and O–H groups in total. The van der Waals surface area contributed by atoms with Crippen molar-refractivity contribution in [2.24, 2.45) is 4.99 Å². The van der Waals surface area contributed by atoms with Crippen LogP contribution in [0, 0.1) is 0 Å². The summed E-state index contributed by atoms with van der Waals surface area (Å²) in [7, 11) is 3.58. The summed E-state index contributed by atoms with van der Waals surface area (Å²) in [4.78, 5) is 28.3. The number of nitrogens with one attached hydrogen (secondary N) is 2. The van der Waals surface area contributed by atoms with Crippen LogP contribution in [0.3, 0.4) is 0 Å². The molecule has 0 atom stereocenters. The molecule has 2 aliphatic rings. The minimum atomic E-state index is -1.00. The number of nitrogens with zero attached hydrogens (tertiary/aromatic N) is 4. The Hall–Kier alpha value is -5.54. The molecule has 3 heterocycles. The van der Waals surface area contributed by atoms with Crippen LogP contribution in [0.25, 0.3) is 33.4 Å². The molecule has 0 spiro atoms. The molecule has 0 saturated carbocycles. The predicted molar refractivity (Wildman–Crippen MR) is 182 cm³/mol. The van der Waals surface area contributed by atoms with Crippen molar-refractivity contribution >= 4 is 28.3 Å². The quantitative estimate of drug-likeness (QED) is 0.136. The summed E-state index contributed by atoms with van der Waals surface area (Å²) in [5.41, 5.74) is 6.78. The Balaban J connectivity index is 1.28. The van der Waals surface area contributed by atoms with E-state index in [1.165, 1.54) is 0 Å². The average Bonchev–Trinajstić information content (AvgIpc) is 3.09. The van der Waals surface area contributed by atoms with Gasteiger partial charge < -0.3 is 20.2 Å². The SMILES string of the molecule is C/N=c1/ccc2c(-c3ccc(NCCN(CCc4ccccn4)Cc4ccccn4)cc3C(=O)O)c3ccc(NC)cc3oc-2c1. The standard InChI is InChI=1S/C37H36N6O3/c1-38-26-9-13-31-34(22-26)46-35-23-27(39-2)10-14-32(35)36(31)30-12-11-28(21-33(30)37(44)45)42-18-20-43(24-29-8-4-6-17-41-29)19-15-25-7-3-5-16-40-25/h3-14,16-17,21-23,38,42H,15,18-20,24H2,1-2H3,(H,44,45)/b39-27-. The van der Waals surface area contributed by atoms with Crippen LogP contribution < -0.4 is 16.0 Å². The maximum absolute atomic E-state index is 12.7. The third kappa shape index (κ3) is 6.90. The number of pyridine rings is 2. The molecule has 0 amide bonds. The number of rotatable bonds is 12. The molecule has 0 bridgehead atoms. The van der Waals surface area contributed by atoms with Gasteiger partial charge in [-0.2, -0.15) is 0 Å². The van der Waals surface area contributed by atoms with E-state index in [1.54, 1.807) is 13.1 Å². The molecule has 46 heavy (non-hydrogen) atoms. The number of hydrogen-bond donors (Lipinski definition) is 3. The second kappa shape index (κ2) is 14.0. The van der Waals surface area contributed by atoms with Gasteiger partial charge in [-0.15, -0.1) is 0 Å². The van der Waals surface area contributed by atoms with Crippen molar-refractivity contribution in [3.8, 4) is 22.5 Å². The number of aromatic carboxylic acids is 1. The molecule has 232 valence electrons. The van der Waals surface area contributed by atoms with Crippen LogP contribution in [0.4, 0.5) is 11.4 Å². The molecule has 0 unspecified atom stereocenters. The molecule has 6 rings (SSSR count).